The fraction of sp³-hybridized carbons (Fsp3) is 0.154. The maximum Gasteiger partial charge on any atom is 0.227 e. The van der Waals surface area contributed by atoms with E-state index in [0.29, 0.717) is 5.75 Å². The second-order valence-electron chi connectivity index (χ2n) is 3.69. The smallest absolute Gasteiger partial charge is 0.227 e. The number of carbonyl (C=O) groups is 1. The number of benzene rings is 2. The zero-order valence-corrected chi connectivity index (χ0v) is 9.88. The maximum absolute atomic E-state index is 10.8. The number of fused-ring (bicyclic) bond motifs is 1. The molecule has 3 heteroatoms. The van der Waals surface area contributed by atoms with Crippen molar-refractivity contribution in [3.05, 3.63) is 42.0 Å². The van der Waals surface area contributed by atoms with Crippen LogP contribution in [0, 0.1) is 6.92 Å². The van der Waals surface area contributed by atoms with Gasteiger partial charge in [-0.15, -0.1) is 11.8 Å². The molecule has 0 saturated heterocycles. The Morgan fingerprint density at radius 3 is 2.75 bits per heavy atom. The number of hydrogen-bond donors (Lipinski definition) is 1. The summed E-state index contributed by atoms with van der Waals surface area (Å²) in [5.41, 5.74) is 6.36. The molecule has 0 aliphatic rings. The topological polar surface area (TPSA) is 43.1 Å². The highest BCUT2D eigenvalue weighted by molar-refractivity contribution is 8.00. The minimum absolute atomic E-state index is 0.280. The van der Waals surface area contributed by atoms with Crippen LogP contribution in [0.3, 0.4) is 0 Å². The quantitative estimate of drug-likeness (QED) is 0.825. The van der Waals surface area contributed by atoms with Crippen LogP contribution in [-0.2, 0) is 4.79 Å². The van der Waals surface area contributed by atoms with Gasteiger partial charge in [0.25, 0.3) is 0 Å². The molecule has 2 rings (SSSR count). The maximum atomic E-state index is 10.8. The van der Waals surface area contributed by atoms with Gasteiger partial charge >= 0.3 is 0 Å². The number of carbonyl (C=O) groups excluding carboxylic acids is 1. The van der Waals surface area contributed by atoms with Crippen LogP contribution < -0.4 is 5.73 Å². The highest BCUT2D eigenvalue weighted by Gasteiger charge is 2.06. The van der Waals surface area contributed by atoms with Crippen molar-refractivity contribution in [2.45, 2.75) is 11.8 Å². The van der Waals surface area contributed by atoms with Gasteiger partial charge in [0.2, 0.25) is 5.91 Å². The van der Waals surface area contributed by atoms with Gasteiger partial charge in [-0.05, 0) is 23.3 Å². The zero-order chi connectivity index (χ0) is 11.5. The summed E-state index contributed by atoms with van der Waals surface area (Å²) in [5.74, 6) is 0.0480. The average Bonchev–Trinajstić information content (AvgIpc) is 2.27. The third-order valence-electron chi connectivity index (χ3n) is 2.44. The van der Waals surface area contributed by atoms with E-state index in [-0.39, 0.29) is 5.91 Å². The zero-order valence-electron chi connectivity index (χ0n) is 9.07. The molecule has 0 aromatic heterocycles. The Balaban J connectivity index is 2.48. The highest BCUT2D eigenvalue weighted by atomic mass is 32.2. The second-order valence-corrected chi connectivity index (χ2v) is 4.67. The molecule has 1 amide bonds. The van der Waals surface area contributed by atoms with Crippen molar-refractivity contribution in [1.82, 2.24) is 0 Å². The molecule has 0 aliphatic heterocycles. The van der Waals surface area contributed by atoms with Gasteiger partial charge < -0.3 is 5.73 Å². The third-order valence-corrected chi connectivity index (χ3v) is 3.69. The van der Waals surface area contributed by atoms with Gasteiger partial charge in [-0.1, -0.05) is 36.4 Å². The summed E-state index contributed by atoms with van der Waals surface area (Å²) in [7, 11) is 0. The molecule has 0 unspecified atom stereocenters. The van der Waals surface area contributed by atoms with E-state index in [4.69, 9.17) is 5.73 Å². The summed E-state index contributed by atoms with van der Waals surface area (Å²) in [6, 6.07) is 12.3. The van der Waals surface area contributed by atoms with Gasteiger partial charge in [-0.2, -0.15) is 0 Å². The van der Waals surface area contributed by atoms with Gasteiger partial charge in [0.15, 0.2) is 0 Å². The SMILES string of the molecule is Cc1ccc2ccccc2c1SCC(N)=O. The molecule has 0 atom stereocenters. The Hall–Kier alpha value is -1.48. The van der Waals surface area contributed by atoms with Crippen molar-refractivity contribution < 1.29 is 4.79 Å². The van der Waals surface area contributed by atoms with Gasteiger partial charge in [0.1, 0.15) is 0 Å². The van der Waals surface area contributed by atoms with Crippen LogP contribution in [0.15, 0.2) is 41.3 Å². The van der Waals surface area contributed by atoms with Gasteiger partial charge in [-0.25, -0.2) is 0 Å². The first-order valence-corrected chi connectivity index (χ1v) is 6.06. The summed E-state index contributed by atoms with van der Waals surface area (Å²) in [5, 5.41) is 2.38. The number of thioether (sulfide) groups is 1. The van der Waals surface area contributed by atoms with Crippen LogP contribution in [0.5, 0.6) is 0 Å². The number of rotatable bonds is 3. The molecule has 0 heterocycles. The lowest BCUT2D eigenvalue weighted by Crippen LogP contribution is -2.13. The van der Waals surface area contributed by atoms with Crippen molar-refractivity contribution in [3.63, 3.8) is 0 Å². The fourth-order valence-electron chi connectivity index (χ4n) is 1.69. The predicted molar refractivity (Wildman–Crippen MR) is 68.6 cm³/mol. The lowest BCUT2D eigenvalue weighted by atomic mass is 10.1. The first-order chi connectivity index (χ1) is 7.68. The number of amides is 1. The summed E-state index contributed by atoms with van der Waals surface area (Å²) >= 11 is 1.51. The number of hydrogen-bond acceptors (Lipinski definition) is 2. The van der Waals surface area contributed by atoms with Crippen LogP contribution in [0.2, 0.25) is 0 Å². The highest BCUT2D eigenvalue weighted by Crippen LogP contribution is 2.30. The Morgan fingerprint density at radius 1 is 1.25 bits per heavy atom. The molecule has 2 aromatic rings. The normalized spacial score (nSPS) is 10.6. The average molecular weight is 231 g/mol. The fourth-order valence-corrected chi connectivity index (χ4v) is 2.61. The summed E-state index contributed by atoms with van der Waals surface area (Å²) in [6.07, 6.45) is 0. The first kappa shape index (κ1) is 11.0. The van der Waals surface area contributed by atoms with E-state index in [0.717, 1.165) is 4.90 Å². The molecule has 0 radical (unpaired) electrons. The first-order valence-electron chi connectivity index (χ1n) is 5.08. The lowest BCUT2D eigenvalue weighted by molar-refractivity contribution is -0.115. The van der Waals surface area contributed by atoms with E-state index in [1.165, 1.54) is 28.1 Å². The summed E-state index contributed by atoms with van der Waals surface area (Å²) in [6.45, 7) is 2.05. The molecule has 2 aromatic carbocycles. The van der Waals surface area contributed by atoms with Crippen molar-refractivity contribution in [1.29, 1.82) is 0 Å². The van der Waals surface area contributed by atoms with Crippen molar-refractivity contribution in [3.8, 4) is 0 Å². The molecule has 16 heavy (non-hydrogen) atoms. The van der Waals surface area contributed by atoms with Crippen LogP contribution >= 0.6 is 11.8 Å². The molecule has 82 valence electrons. The van der Waals surface area contributed by atoms with E-state index < -0.39 is 0 Å². The van der Waals surface area contributed by atoms with E-state index in [1.54, 1.807) is 0 Å². The third kappa shape index (κ3) is 2.19. The molecule has 2 N–H and O–H groups in total. The molecular formula is C13H13NOS. The van der Waals surface area contributed by atoms with E-state index in [1.807, 2.05) is 12.1 Å². The number of primary amides is 1. The Morgan fingerprint density at radius 2 is 2.00 bits per heavy atom. The molecular weight excluding hydrogens is 218 g/mol. The van der Waals surface area contributed by atoms with Crippen molar-refractivity contribution in [2.24, 2.45) is 5.73 Å². The molecule has 0 spiro atoms. The monoisotopic (exact) mass is 231 g/mol. The minimum atomic E-state index is -0.280. The molecule has 0 aliphatic carbocycles. The largest absolute Gasteiger partial charge is 0.369 e. The Labute approximate surface area is 98.8 Å². The lowest BCUT2D eigenvalue weighted by Gasteiger charge is -2.08. The summed E-state index contributed by atoms with van der Waals surface area (Å²) in [4.78, 5) is 12.0. The Bertz CT molecular complexity index is 536. The van der Waals surface area contributed by atoms with E-state index in [2.05, 4.69) is 31.2 Å². The van der Waals surface area contributed by atoms with Crippen LogP contribution in [0.4, 0.5) is 0 Å². The molecule has 0 saturated carbocycles. The van der Waals surface area contributed by atoms with Crippen LogP contribution in [0.1, 0.15) is 5.56 Å². The summed E-state index contributed by atoms with van der Waals surface area (Å²) < 4.78 is 0. The standard InChI is InChI=1S/C13H13NOS/c1-9-6-7-10-4-2-3-5-11(10)13(9)16-8-12(14)15/h2-7H,8H2,1H3,(H2,14,15). The number of aryl methyl sites for hydroxylation is 1. The second kappa shape index (κ2) is 4.58. The molecule has 0 bridgehead atoms. The molecule has 2 nitrogen and oxygen atoms in total. The van der Waals surface area contributed by atoms with Crippen molar-refractivity contribution in [2.75, 3.05) is 5.75 Å². The number of nitrogens with two attached hydrogens (primary N) is 1. The van der Waals surface area contributed by atoms with Crippen LogP contribution in [-0.4, -0.2) is 11.7 Å². The minimum Gasteiger partial charge on any atom is -0.369 e. The predicted octanol–water partition coefficient (Wildman–Crippen LogP) is 2.73. The van der Waals surface area contributed by atoms with Gasteiger partial charge in [0, 0.05) is 4.90 Å². The van der Waals surface area contributed by atoms with Gasteiger partial charge in [0.05, 0.1) is 5.75 Å². The Kier molecular flexibility index (Phi) is 3.15. The molecule has 0 fully saturated rings. The van der Waals surface area contributed by atoms with Crippen LogP contribution in [0.25, 0.3) is 10.8 Å². The van der Waals surface area contributed by atoms with Gasteiger partial charge in [-0.3, -0.25) is 4.79 Å². The van der Waals surface area contributed by atoms with Crippen molar-refractivity contribution >= 4 is 28.4 Å². The van der Waals surface area contributed by atoms with E-state index in [9.17, 15) is 4.79 Å². The van der Waals surface area contributed by atoms with E-state index >= 15 is 0 Å².